The van der Waals surface area contributed by atoms with Crippen LogP contribution in [0.4, 0.5) is 4.79 Å². The van der Waals surface area contributed by atoms with Crippen LogP contribution in [0.1, 0.15) is 12.6 Å². The van der Waals surface area contributed by atoms with Gasteiger partial charge in [-0.05, 0) is 35.7 Å². The van der Waals surface area contributed by atoms with Crippen LogP contribution in [0.15, 0.2) is 29.3 Å². The van der Waals surface area contributed by atoms with Gasteiger partial charge in [0.1, 0.15) is 0 Å². The molecule has 0 aromatic carbocycles. The highest BCUT2D eigenvalue weighted by Gasteiger charge is 2.09. The molecule has 0 aliphatic carbocycles. The second kappa shape index (κ2) is 5.66. The van der Waals surface area contributed by atoms with Crippen LogP contribution in [0, 0.1) is 0 Å². The number of aromatic amines is 1. The minimum absolute atomic E-state index is 0.0645. The maximum Gasteiger partial charge on any atom is 0.285 e. The molecule has 1 aromatic rings. The number of allylic oxidation sites excluding steroid dienone is 2. The molecule has 0 saturated heterocycles. The lowest BCUT2D eigenvalue weighted by Crippen LogP contribution is -2.16. The van der Waals surface area contributed by atoms with Gasteiger partial charge >= 0.3 is 0 Å². The predicted octanol–water partition coefficient (Wildman–Crippen LogP) is 2.88. The molecule has 3 nitrogen and oxygen atoms in total. The van der Waals surface area contributed by atoms with Crippen molar-refractivity contribution in [1.29, 1.82) is 0 Å². The summed E-state index contributed by atoms with van der Waals surface area (Å²) in [6.07, 6.45) is 4.65. The highest BCUT2D eigenvalue weighted by atomic mass is 32.2. The van der Waals surface area contributed by atoms with Gasteiger partial charge in [0.15, 0.2) is 0 Å². The summed E-state index contributed by atoms with van der Waals surface area (Å²) in [4.78, 5) is 17.3. The van der Waals surface area contributed by atoms with E-state index in [-0.39, 0.29) is 5.24 Å². The van der Waals surface area contributed by atoms with E-state index >= 15 is 0 Å². The van der Waals surface area contributed by atoms with Gasteiger partial charge in [0, 0.05) is 32.4 Å². The van der Waals surface area contributed by atoms with Crippen molar-refractivity contribution in [1.82, 2.24) is 9.88 Å². The molecule has 0 saturated carbocycles. The molecule has 1 amide bonds. The molecule has 0 radical (unpaired) electrons. The minimum atomic E-state index is 0.0645. The average Bonchev–Trinajstić information content (AvgIpc) is 2.69. The summed E-state index contributed by atoms with van der Waals surface area (Å²) in [5.41, 5.74) is 1.13. The second-order valence-electron chi connectivity index (χ2n) is 3.39. The van der Waals surface area contributed by atoms with E-state index in [4.69, 9.17) is 0 Å². The number of amides is 1. The van der Waals surface area contributed by atoms with Crippen molar-refractivity contribution in [3.05, 3.63) is 35.0 Å². The highest BCUT2D eigenvalue weighted by Crippen LogP contribution is 2.22. The smallest absolute Gasteiger partial charge is 0.285 e. The van der Waals surface area contributed by atoms with Crippen molar-refractivity contribution >= 4 is 17.0 Å². The maximum atomic E-state index is 11.5. The van der Waals surface area contributed by atoms with E-state index in [0.29, 0.717) is 0 Å². The van der Waals surface area contributed by atoms with Gasteiger partial charge in [0.25, 0.3) is 5.24 Å². The summed E-state index contributed by atoms with van der Waals surface area (Å²) in [5, 5.41) is 0.0645. The van der Waals surface area contributed by atoms with Crippen LogP contribution >= 0.6 is 11.8 Å². The predicted molar refractivity (Wildman–Crippen MR) is 64.9 cm³/mol. The number of nitrogens with one attached hydrogen (secondary N) is 1. The van der Waals surface area contributed by atoms with Crippen molar-refractivity contribution in [2.75, 3.05) is 14.1 Å². The molecule has 4 heteroatoms. The van der Waals surface area contributed by atoms with Gasteiger partial charge in [-0.2, -0.15) is 0 Å². The summed E-state index contributed by atoms with van der Waals surface area (Å²) in [5.74, 6) is 0. The second-order valence-corrected chi connectivity index (χ2v) is 4.47. The van der Waals surface area contributed by atoms with Crippen LogP contribution in [0.5, 0.6) is 0 Å². The molecule has 1 aromatic heterocycles. The van der Waals surface area contributed by atoms with Crippen LogP contribution < -0.4 is 0 Å². The van der Waals surface area contributed by atoms with E-state index in [1.807, 2.05) is 31.3 Å². The maximum absolute atomic E-state index is 11.5. The van der Waals surface area contributed by atoms with Crippen molar-refractivity contribution in [3.63, 3.8) is 0 Å². The van der Waals surface area contributed by atoms with E-state index in [0.717, 1.165) is 17.0 Å². The number of hydrogen-bond acceptors (Lipinski definition) is 2. The summed E-state index contributed by atoms with van der Waals surface area (Å²) in [6, 6.07) is 3.98. The Labute approximate surface area is 94.6 Å². The van der Waals surface area contributed by atoms with Crippen LogP contribution in [0.25, 0.3) is 0 Å². The zero-order valence-electron chi connectivity index (χ0n) is 9.28. The van der Waals surface area contributed by atoms with Crippen LogP contribution in [0.2, 0.25) is 0 Å². The molecule has 0 fully saturated rings. The number of rotatable bonds is 3. The van der Waals surface area contributed by atoms with E-state index < -0.39 is 0 Å². The van der Waals surface area contributed by atoms with Gasteiger partial charge in [-0.1, -0.05) is 6.08 Å². The topological polar surface area (TPSA) is 36.1 Å². The molecule has 0 bridgehead atoms. The van der Waals surface area contributed by atoms with Crippen molar-refractivity contribution in [2.45, 2.75) is 13.3 Å². The molecule has 1 heterocycles. The summed E-state index contributed by atoms with van der Waals surface area (Å²) >= 11 is 1.28. The Morgan fingerprint density at radius 2 is 2.33 bits per heavy atom. The third-order valence-electron chi connectivity index (χ3n) is 1.93. The first-order chi connectivity index (χ1) is 7.13. The molecular formula is C11H16N2OS. The molecule has 0 spiro atoms. The quantitative estimate of drug-likeness (QED) is 0.857. The van der Waals surface area contributed by atoms with E-state index in [9.17, 15) is 4.79 Å². The Morgan fingerprint density at radius 1 is 1.60 bits per heavy atom. The number of aromatic nitrogens is 1. The lowest BCUT2D eigenvalue weighted by Gasteiger charge is -2.10. The number of carbonyl (C=O) groups excluding carboxylic acids is 1. The number of nitrogens with zero attached hydrogens (tertiary/aromatic N) is 1. The van der Waals surface area contributed by atoms with E-state index in [1.54, 1.807) is 19.0 Å². The fourth-order valence-corrected chi connectivity index (χ4v) is 1.82. The van der Waals surface area contributed by atoms with Crippen molar-refractivity contribution in [3.8, 4) is 0 Å². The molecule has 1 N–H and O–H groups in total. The van der Waals surface area contributed by atoms with Crippen LogP contribution in [0.3, 0.4) is 0 Å². The number of hydrogen-bond donors (Lipinski definition) is 1. The van der Waals surface area contributed by atoms with Gasteiger partial charge < -0.3 is 9.88 Å². The van der Waals surface area contributed by atoms with Gasteiger partial charge in [-0.15, -0.1) is 0 Å². The number of carbonyl (C=O) groups is 1. The van der Waals surface area contributed by atoms with Crippen LogP contribution in [-0.4, -0.2) is 29.2 Å². The van der Waals surface area contributed by atoms with Gasteiger partial charge in [0.05, 0.1) is 0 Å². The first kappa shape index (κ1) is 11.9. The molecule has 82 valence electrons. The molecule has 0 atom stereocenters. The zero-order valence-corrected chi connectivity index (χ0v) is 10.1. The third-order valence-corrected chi connectivity index (χ3v) is 3.11. The Bertz CT molecular complexity index is 341. The fourth-order valence-electron chi connectivity index (χ4n) is 1.07. The third kappa shape index (κ3) is 3.83. The molecule has 0 unspecified atom stereocenters. The number of H-pyrrole nitrogens is 1. The summed E-state index contributed by atoms with van der Waals surface area (Å²) in [6.45, 7) is 1.95. The summed E-state index contributed by atoms with van der Waals surface area (Å²) in [7, 11) is 3.52. The highest BCUT2D eigenvalue weighted by molar-refractivity contribution is 8.16. The van der Waals surface area contributed by atoms with Crippen LogP contribution in [-0.2, 0) is 6.42 Å². The standard InChI is InChI=1S/C11H16N2OS/c1-4-10(15-11(14)13(2)3)8-9-6-5-7-12-9/h4-7,12H,8H2,1-3H3/b10-4-. The molecular weight excluding hydrogens is 208 g/mol. The van der Waals surface area contributed by atoms with E-state index in [1.165, 1.54) is 11.8 Å². The van der Waals surface area contributed by atoms with Gasteiger partial charge in [0.2, 0.25) is 0 Å². The van der Waals surface area contributed by atoms with Gasteiger partial charge in [-0.3, -0.25) is 4.79 Å². The van der Waals surface area contributed by atoms with Crippen molar-refractivity contribution in [2.24, 2.45) is 0 Å². The molecule has 15 heavy (non-hydrogen) atoms. The number of thioether (sulfide) groups is 1. The Morgan fingerprint density at radius 3 is 2.80 bits per heavy atom. The molecule has 0 aliphatic rings. The Hall–Kier alpha value is -1.16. The van der Waals surface area contributed by atoms with E-state index in [2.05, 4.69) is 4.98 Å². The van der Waals surface area contributed by atoms with Gasteiger partial charge in [-0.25, -0.2) is 0 Å². The zero-order chi connectivity index (χ0) is 11.3. The first-order valence-corrected chi connectivity index (χ1v) is 5.61. The lowest BCUT2D eigenvalue weighted by molar-refractivity contribution is 0.241. The normalized spacial score (nSPS) is 11.5. The molecule has 1 rings (SSSR count). The Kier molecular flexibility index (Phi) is 4.49. The Balaban J connectivity index is 2.55. The first-order valence-electron chi connectivity index (χ1n) is 4.80. The summed E-state index contributed by atoms with van der Waals surface area (Å²) < 4.78 is 0. The molecule has 0 aliphatic heterocycles. The fraction of sp³-hybridized carbons (Fsp3) is 0.364. The minimum Gasteiger partial charge on any atom is -0.365 e. The SMILES string of the molecule is C/C=C(/Cc1ccc[nH]1)SC(=O)N(C)C. The van der Waals surface area contributed by atoms with Crippen molar-refractivity contribution < 1.29 is 4.79 Å². The monoisotopic (exact) mass is 224 g/mol. The lowest BCUT2D eigenvalue weighted by atomic mass is 10.3. The largest absolute Gasteiger partial charge is 0.365 e. The average molecular weight is 224 g/mol.